The Morgan fingerprint density at radius 2 is 2.06 bits per heavy atom. The van der Waals surface area contributed by atoms with E-state index in [0.717, 1.165) is 17.9 Å². The Kier molecular flexibility index (Phi) is 2.99. The number of benzene rings is 1. The highest BCUT2D eigenvalue weighted by molar-refractivity contribution is 5.78. The number of fused-ring (bicyclic) bond motifs is 1. The third-order valence-electron chi connectivity index (χ3n) is 2.75. The normalized spacial score (nSPS) is 18.0. The summed E-state index contributed by atoms with van der Waals surface area (Å²) >= 11 is 0. The molecule has 0 saturated carbocycles. The first-order valence-electron chi connectivity index (χ1n) is 5.46. The van der Waals surface area contributed by atoms with Gasteiger partial charge in [0.25, 0.3) is 0 Å². The highest BCUT2D eigenvalue weighted by Gasteiger charge is 2.19. The lowest BCUT2D eigenvalue weighted by Gasteiger charge is -2.28. The van der Waals surface area contributed by atoms with E-state index in [9.17, 15) is 4.79 Å². The van der Waals surface area contributed by atoms with Gasteiger partial charge in [0.2, 0.25) is 5.91 Å². The van der Waals surface area contributed by atoms with Crippen LogP contribution >= 0.6 is 0 Å². The Bertz CT molecular complexity index is 390. The van der Waals surface area contributed by atoms with Crippen LogP contribution < -0.4 is 10.6 Å². The zero-order valence-corrected chi connectivity index (χ0v) is 9.66. The number of hydrogen-bond donors (Lipinski definition) is 2. The summed E-state index contributed by atoms with van der Waals surface area (Å²) in [5.74, 6) is 0.152. The van der Waals surface area contributed by atoms with Gasteiger partial charge >= 0.3 is 0 Å². The maximum absolute atomic E-state index is 11.6. The molecule has 4 heteroatoms. The number of para-hydroxylation sites is 2. The Hall–Kier alpha value is -1.71. The van der Waals surface area contributed by atoms with Gasteiger partial charge in [-0.2, -0.15) is 0 Å². The van der Waals surface area contributed by atoms with Gasteiger partial charge in [-0.1, -0.05) is 12.1 Å². The summed E-state index contributed by atoms with van der Waals surface area (Å²) in [4.78, 5) is 13.2. The fourth-order valence-electron chi connectivity index (χ4n) is 1.78. The molecule has 1 aliphatic heterocycles. The summed E-state index contributed by atoms with van der Waals surface area (Å²) < 4.78 is 0. The molecule has 1 aliphatic rings. The second-order valence-electron chi connectivity index (χ2n) is 4.26. The average molecular weight is 219 g/mol. The van der Waals surface area contributed by atoms with E-state index < -0.39 is 0 Å². The van der Waals surface area contributed by atoms with Crippen LogP contribution in [0.1, 0.15) is 6.42 Å². The van der Waals surface area contributed by atoms with Crippen LogP contribution in [0.15, 0.2) is 24.3 Å². The molecule has 1 aromatic rings. The number of nitrogens with one attached hydrogen (secondary N) is 2. The molecule has 0 unspecified atom stereocenters. The van der Waals surface area contributed by atoms with Crippen molar-refractivity contribution in [1.29, 1.82) is 0 Å². The van der Waals surface area contributed by atoms with Crippen molar-refractivity contribution in [3.63, 3.8) is 0 Å². The Balaban J connectivity index is 2.00. The predicted molar refractivity (Wildman–Crippen MR) is 65.7 cm³/mol. The number of carbonyl (C=O) groups is 1. The molecule has 2 rings (SSSR count). The Morgan fingerprint density at radius 3 is 2.75 bits per heavy atom. The molecule has 1 amide bonds. The Morgan fingerprint density at radius 1 is 1.38 bits per heavy atom. The first kappa shape index (κ1) is 10.8. The van der Waals surface area contributed by atoms with Gasteiger partial charge in [-0.15, -0.1) is 0 Å². The second kappa shape index (κ2) is 4.43. The topological polar surface area (TPSA) is 44.4 Å². The van der Waals surface area contributed by atoms with Crippen LogP contribution in [0.2, 0.25) is 0 Å². The van der Waals surface area contributed by atoms with E-state index in [-0.39, 0.29) is 11.9 Å². The minimum absolute atomic E-state index is 0.152. The number of anilines is 2. The summed E-state index contributed by atoms with van der Waals surface area (Å²) in [6.45, 7) is 0.788. The van der Waals surface area contributed by atoms with Crippen molar-refractivity contribution in [2.24, 2.45) is 0 Å². The van der Waals surface area contributed by atoms with Crippen molar-refractivity contribution in [3.05, 3.63) is 24.3 Å². The van der Waals surface area contributed by atoms with Crippen molar-refractivity contribution < 1.29 is 4.79 Å². The predicted octanol–water partition coefficient (Wildman–Crippen LogP) is 1.37. The van der Waals surface area contributed by atoms with E-state index in [1.807, 2.05) is 24.3 Å². The van der Waals surface area contributed by atoms with E-state index in [1.165, 1.54) is 0 Å². The lowest BCUT2D eigenvalue weighted by molar-refractivity contribution is -0.128. The molecule has 4 nitrogen and oxygen atoms in total. The van der Waals surface area contributed by atoms with E-state index in [1.54, 1.807) is 19.0 Å². The molecule has 0 fully saturated rings. The summed E-state index contributed by atoms with van der Waals surface area (Å²) in [5, 5.41) is 6.70. The number of rotatable bonds is 2. The average Bonchev–Trinajstić information content (AvgIpc) is 2.28. The Labute approximate surface area is 95.6 Å². The van der Waals surface area contributed by atoms with Crippen LogP contribution in [0.25, 0.3) is 0 Å². The molecule has 0 saturated heterocycles. The third kappa shape index (κ3) is 2.27. The summed E-state index contributed by atoms with van der Waals surface area (Å²) in [6, 6.07) is 8.22. The molecule has 16 heavy (non-hydrogen) atoms. The van der Waals surface area contributed by atoms with E-state index in [0.29, 0.717) is 6.42 Å². The van der Waals surface area contributed by atoms with Crippen molar-refractivity contribution in [2.45, 2.75) is 12.5 Å². The number of carbonyl (C=O) groups excluding carboxylic acids is 1. The molecule has 0 aliphatic carbocycles. The van der Waals surface area contributed by atoms with Gasteiger partial charge in [0.1, 0.15) is 0 Å². The third-order valence-corrected chi connectivity index (χ3v) is 2.75. The van der Waals surface area contributed by atoms with Gasteiger partial charge in [0.15, 0.2) is 0 Å². The van der Waals surface area contributed by atoms with Gasteiger partial charge in [0, 0.05) is 27.1 Å². The van der Waals surface area contributed by atoms with Crippen LogP contribution in [-0.4, -0.2) is 37.5 Å². The zero-order valence-electron chi connectivity index (χ0n) is 9.66. The SMILES string of the molecule is CN(C)C(=O)C[C@H]1CNc2ccccc2N1. The smallest absolute Gasteiger partial charge is 0.224 e. The number of nitrogens with zero attached hydrogens (tertiary/aromatic N) is 1. The monoisotopic (exact) mass is 219 g/mol. The van der Waals surface area contributed by atoms with Crippen molar-refractivity contribution in [3.8, 4) is 0 Å². The molecule has 2 N–H and O–H groups in total. The largest absolute Gasteiger partial charge is 0.381 e. The van der Waals surface area contributed by atoms with Crippen molar-refractivity contribution in [2.75, 3.05) is 31.3 Å². The van der Waals surface area contributed by atoms with E-state index in [2.05, 4.69) is 10.6 Å². The first-order chi connectivity index (χ1) is 7.66. The highest BCUT2D eigenvalue weighted by atomic mass is 16.2. The van der Waals surface area contributed by atoms with Crippen LogP contribution in [0.3, 0.4) is 0 Å². The van der Waals surface area contributed by atoms with Gasteiger partial charge < -0.3 is 15.5 Å². The molecule has 0 aromatic heterocycles. The maximum atomic E-state index is 11.6. The molecule has 1 atom stereocenters. The summed E-state index contributed by atoms with van der Waals surface area (Å²) in [7, 11) is 3.57. The summed E-state index contributed by atoms with van der Waals surface area (Å²) in [6.07, 6.45) is 0.522. The molecule has 1 aromatic carbocycles. The van der Waals surface area contributed by atoms with Gasteiger partial charge in [-0.25, -0.2) is 0 Å². The molecule has 0 spiro atoms. The standard InChI is InChI=1S/C12H17N3O/c1-15(2)12(16)7-9-8-13-10-5-3-4-6-11(10)14-9/h3-6,9,13-14H,7-8H2,1-2H3/t9-/m0/s1. The molecular weight excluding hydrogens is 202 g/mol. The minimum Gasteiger partial charge on any atom is -0.381 e. The fourth-order valence-corrected chi connectivity index (χ4v) is 1.78. The van der Waals surface area contributed by atoms with E-state index in [4.69, 9.17) is 0 Å². The molecule has 1 heterocycles. The summed E-state index contributed by atoms with van der Waals surface area (Å²) in [5.41, 5.74) is 2.18. The molecular formula is C12H17N3O. The second-order valence-corrected chi connectivity index (χ2v) is 4.26. The maximum Gasteiger partial charge on any atom is 0.224 e. The zero-order chi connectivity index (χ0) is 11.5. The fraction of sp³-hybridized carbons (Fsp3) is 0.417. The molecule has 0 bridgehead atoms. The van der Waals surface area contributed by atoms with Crippen LogP contribution in [0, 0.1) is 0 Å². The lowest BCUT2D eigenvalue weighted by Crippen LogP contribution is -2.37. The quantitative estimate of drug-likeness (QED) is 0.789. The first-order valence-corrected chi connectivity index (χ1v) is 5.46. The number of amides is 1. The minimum atomic E-state index is 0.152. The van der Waals surface area contributed by atoms with Gasteiger partial charge in [-0.05, 0) is 12.1 Å². The van der Waals surface area contributed by atoms with E-state index >= 15 is 0 Å². The van der Waals surface area contributed by atoms with Crippen LogP contribution in [0.4, 0.5) is 11.4 Å². The molecule has 0 radical (unpaired) electrons. The van der Waals surface area contributed by atoms with Gasteiger partial charge in [-0.3, -0.25) is 4.79 Å². The highest BCUT2D eigenvalue weighted by Crippen LogP contribution is 2.25. The van der Waals surface area contributed by atoms with Crippen molar-refractivity contribution >= 4 is 17.3 Å². The molecule has 86 valence electrons. The van der Waals surface area contributed by atoms with Crippen molar-refractivity contribution in [1.82, 2.24) is 4.90 Å². The lowest BCUT2D eigenvalue weighted by atomic mass is 10.1. The number of hydrogen-bond acceptors (Lipinski definition) is 3. The van der Waals surface area contributed by atoms with Gasteiger partial charge in [0.05, 0.1) is 17.4 Å². The van der Waals surface area contributed by atoms with Crippen LogP contribution in [-0.2, 0) is 4.79 Å². The van der Waals surface area contributed by atoms with Crippen LogP contribution in [0.5, 0.6) is 0 Å².